The number of ether oxygens (including phenoxy) is 3. The molecule has 13 nitrogen and oxygen atoms in total. The van der Waals surface area contributed by atoms with Gasteiger partial charge in [0.15, 0.2) is 0 Å². The van der Waals surface area contributed by atoms with Crippen LogP contribution in [0.4, 0.5) is 20.2 Å². The fourth-order valence-corrected chi connectivity index (χ4v) is 7.36. The molecule has 2 aliphatic rings. The van der Waals surface area contributed by atoms with E-state index in [1.165, 1.54) is 39.7 Å². The molecular formula is C42H45F2N9O4. The minimum atomic E-state index is -1.52. The van der Waals surface area contributed by atoms with Gasteiger partial charge in [-0.05, 0) is 80.1 Å². The molecule has 0 radical (unpaired) electrons. The Morgan fingerprint density at radius 2 is 1.54 bits per heavy atom. The highest BCUT2D eigenvalue weighted by Crippen LogP contribution is 2.38. The van der Waals surface area contributed by atoms with Gasteiger partial charge in [0, 0.05) is 61.8 Å². The third-order valence-electron chi connectivity index (χ3n) is 10.6. The van der Waals surface area contributed by atoms with Crippen LogP contribution in [-0.4, -0.2) is 81.2 Å². The molecule has 0 amide bonds. The number of hydrogen-bond acceptors (Lipinski definition) is 10. The summed E-state index contributed by atoms with van der Waals surface area (Å²) in [5, 5.41) is 12.0. The van der Waals surface area contributed by atoms with Gasteiger partial charge in [-0.1, -0.05) is 30.3 Å². The molecule has 0 spiro atoms. The zero-order valence-electron chi connectivity index (χ0n) is 31.8. The van der Waals surface area contributed by atoms with E-state index in [0.717, 1.165) is 49.3 Å². The summed E-state index contributed by atoms with van der Waals surface area (Å²) in [7, 11) is 0. The van der Waals surface area contributed by atoms with Crippen LogP contribution >= 0.6 is 0 Å². The van der Waals surface area contributed by atoms with Crippen LogP contribution in [0.15, 0.2) is 121 Å². The maximum Gasteiger partial charge on any atom is 0.350 e. The summed E-state index contributed by atoms with van der Waals surface area (Å²) < 4.78 is 51.6. The standard InChI is InChI=1S/C42H45F2N9O4/c1-30(23-46-31(2)32-6-4-3-5-7-32)53-41(54)52(29-48-53)36-11-9-34(10-12-36)49-18-20-50(21-19-49)35-13-15-37(16-14-35)55-24-38-25-56-42(57-38,26-51-28-45-27-47-51)39-17-8-33(43)22-40(39)44/h3-17,22,27-31,38,46H,18-21,23-26H2,1-2H3/t30-,31-,38+,42+/m0/s1. The first kappa shape index (κ1) is 38.0. The smallest absolute Gasteiger partial charge is 0.350 e. The summed E-state index contributed by atoms with van der Waals surface area (Å²) in [4.78, 5) is 22.0. The molecule has 57 heavy (non-hydrogen) atoms. The molecule has 0 aliphatic carbocycles. The van der Waals surface area contributed by atoms with Crippen LogP contribution in [0.1, 0.15) is 37.1 Å². The van der Waals surface area contributed by atoms with E-state index in [0.29, 0.717) is 12.3 Å². The van der Waals surface area contributed by atoms with Crippen molar-refractivity contribution in [3.8, 4) is 11.4 Å². The fraction of sp³-hybridized carbons (Fsp3) is 0.333. The molecule has 2 aliphatic heterocycles. The molecule has 4 atom stereocenters. The molecule has 1 N–H and O–H groups in total. The van der Waals surface area contributed by atoms with Crippen molar-refractivity contribution in [1.82, 2.24) is 34.4 Å². The fourth-order valence-electron chi connectivity index (χ4n) is 7.36. The molecule has 4 aromatic carbocycles. The van der Waals surface area contributed by atoms with Crippen molar-refractivity contribution in [2.75, 3.05) is 55.7 Å². The SMILES string of the molecule is C[C@H](NC[C@H](C)n1ncn(-c2ccc(N3CCN(c4ccc(OC[C@@H]5CO[C@@](Cn6cncn6)(c6ccc(F)cc6F)O5)cc4)CC3)cc2)c1=O)c1ccccc1. The van der Waals surface area contributed by atoms with E-state index >= 15 is 0 Å². The Kier molecular flexibility index (Phi) is 11.1. The topological polar surface area (TPSA) is 117 Å². The van der Waals surface area contributed by atoms with Crippen molar-refractivity contribution in [2.24, 2.45) is 0 Å². The van der Waals surface area contributed by atoms with E-state index in [2.05, 4.69) is 61.5 Å². The number of nitrogens with zero attached hydrogens (tertiary/aromatic N) is 8. The van der Waals surface area contributed by atoms with Crippen molar-refractivity contribution in [3.05, 3.63) is 149 Å². The van der Waals surface area contributed by atoms with Gasteiger partial charge in [0.2, 0.25) is 5.79 Å². The lowest BCUT2D eigenvalue weighted by Crippen LogP contribution is -2.46. The van der Waals surface area contributed by atoms with E-state index in [4.69, 9.17) is 14.2 Å². The predicted molar refractivity (Wildman–Crippen MR) is 211 cm³/mol. The van der Waals surface area contributed by atoms with Crippen LogP contribution in [0.3, 0.4) is 0 Å². The molecule has 2 aromatic heterocycles. The zero-order valence-corrected chi connectivity index (χ0v) is 31.8. The van der Waals surface area contributed by atoms with Crippen LogP contribution in [0.25, 0.3) is 5.69 Å². The highest BCUT2D eigenvalue weighted by molar-refractivity contribution is 5.54. The highest BCUT2D eigenvalue weighted by atomic mass is 19.1. The van der Waals surface area contributed by atoms with E-state index < -0.39 is 23.5 Å². The summed E-state index contributed by atoms with van der Waals surface area (Å²) in [5.74, 6) is -2.32. The zero-order chi connectivity index (χ0) is 39.4. The lowest BCUT2D eigenvalue weighted by Gasteiger charge is -2.37. The molecule has 2 fully saturated rings. The average Bonchev–Trinajstić information content (AvgIpc) is 4.01. The molecule has 0 unspecified atom stereocenters. The van der Waals surface area contributed by atoms with Crippen molar-refractivity contribution in [1.29, 1.82) is 0 Å². The van der Waals surface area contributed by atoms with Gasteiger partial charge in [0.05, 0.1) is 18.3 Å². The van der Waals surface area contributed by atoms with E-state index in [1.54, 1.807) is 10.9 Å². The monoisotopic (exact) mass is 777 g/mol. The molecule has 15 heteroatoms. The van der Waals surface area contributed by atoms with Crippen molar-refractivity contribution in [2.45, 2.75) is 44.4 Å². The first-order valence-corrected chi connectivity index (χ1v) is 19.1. The third-order valence-corrected chi connectivity index (χ3v) is 10.6. The maximum atomic E-state index is 14.9. The minimum Gasteiger partial charge on any atom is -0.491 e. The Bertz CT molecular complexity index is 2280. The number of halogens is 2. The first-order valence-electron chi connectivity index (χ1n) is 19.1. The Balaban J connectivity index is 0.818. The Hall–Kier alpha value is -5.90. The predicted octanol–water partition coefficient (Wildman–Crippen LogP) is 5.49. The van der Waals surface area contributed by atoms with E-state index in [-0.39, 0.29) is 43.1 Å². The first-order chi connectivity index (χ1) is 27.7. The summed E-state index contributed by atoms with van der Waals surface area (Å²) in [6, 6.07) is 29.6. The van der Waals surface area contributed by atoms with Crippen molar-refractivity contribution >= 4 is 11.4 Å². The third kappa shape index (κ3) is 8.45. The second-order valence-electron chi connectivity index (χ2n) is 14.4. The quantitative estimate of drug-likeness (QED) is 0.152. The summed E-state index contributed by atoms with van der Waals surface area (Å²) in [6.45, 7) is 8.41. The number of rotatable bonds is 14. The van der Waals surface area contributed by atoms with Gasteiger partial charge in [-0.2, -0.15) is 10.2 Å². The van der Waals surface area contributed by atoms with Gasteiger partial charge >= 0.3 is 5.69 Å². The second-order valence-corrected chi connectivity index (χ2v) is 14.4. The van der Waals surface area contributed by atoms with Crippen molar-refractivity contribution < 1.29 is 23.0 Å². The molecule has 4 heterocycles. The van der Waals surface area contributed by atoms with Crippen molar-refractivity contribution in [3.63, 3.8) is 0 Å². The lowest BCUT2D eigenvalue weighted by atomic mass is 10.0. The second kappa shape index (κ2) is 16.7. The number of aromatic nitrogens is 6. The maximum absolute atomic E-state index is 14.9. The van der Waals surface area contributed by atoms with Crippen LogP contribution in [0, 0.1) is 11.6 Å². The molecule has 6 aromatic rings. The van der Waals surface area contributed by atoms with Crippen LogP contribution in [0.5, 0.6) is 5.75 Å². The molecule has 0 bridgehead atoms. The summed E-state index contributed by atoms with van der Waals surface area (Å²) in [5.41, 5.74) is 4.06. The van der Waals surface area contributed by atoms with E-state index in [9.17, 15) is 13.6 Å². The van der Waals surface area contributed by atoms with Gasteiger partial charge in [0.25, 0.3) is 0 Å². The van der Waals surface area contributed by atoms with Gasteiger partial charge in [-0.25, -0.2) is 32.5 Å². The summed E-state index contributed by atoms with van der Waals surface area (Å²) >= 11 is 0. The summed E-state index contributed by atoms with van der Waals surface area (Å²) in [6.07, 6.45) is 3.93. The Labute approximate surface area is 329 Å². The Morgan fingerprint density at radius 1 is 0.860 bits per heavy atom. The normalized spacial score (nSPS) is 19.5. The van der Waals surface area contributed by atoms with Crippen LogP contribution < -0.4 is 25.5 Å². The van der Waals surface area contributed by atoms with Gasteiger partial charge < -0.3 is 29.3 Å². The average molecular weight is 778 g/mol. The highest BCUT2D eigenvalue weighted by Gasteiger charge is 2.46. The molecular weight excluding hydrogens is 733 g/mol. The lowest BCUT2D eigenvalue weighted by molar-refractivity contribution is -0.192. The largest absolute Gasteiger partial charge is 0.491 e. The van der Waals surface area contributed by atoms with Gasteiger partial charge in [-0.15, -0.1) is 0 Å². The van der Waals surface area contributed by atoms with Crippen LogP contribution in [0.2, 0.25) is 0 Å². The number of anilines is 2. The number of nitrogens with one attached hydrogen (secondary N) is 1. The van der Waals surface area contributed by atoms with Gasteiger partial charge in [0.1, 0.15) is 55.6 Å². The Morgan fingerprint density at radius 3 is 2.21 bits per heavy atom. The molecule has 296 valence electrons. The number of piperazine rings is 1. The minimum absolute atomic E-state index is 0.0285. The van der Waals surface area contributed by atoms with Gasteiger partial charge in [-0.3, -0.25) is 0 Å². The molecule has 0 saturated carbocycles. The molecule has 2 saturated heterocycles. The number of benzene rings is 4. The van der Waals surface area contributed by atoms with Crippen LogP contribution in [-0.2, 0) is 21.8 Å². The number of hydrogen-bond donors (Lipinski definition) is 1. The van der Waals surface area contributed by atoms with E-state index in [1.807, 2.05) is 61.5 Å². The molecule has 8 rings (SSSR count).